The second-order valence-corrected chi connectivity index (χ2v) is 7.02. The van der Waals surface area contributed by atoms with Gasteiger partial charge in [0.1, 0.15) is 0 Å². The van der Waals surface area contributed by atoms with E-state index >= 15 is 0 Å². The van der Waals surface area contributed by atoms with Crippen molar-refractivity contribution in [1.82, 2.24) is 0 Å². The molecule has 5 atom stereocenters. The summed E-state index contributed by atoms with van der Waals surface area (Å²) in [5.74, 6) is 3.83. The second-order valence-electron chi connectivity index (χ2n) is 6.41. The topological polar surface area (TPSA) is 0 Å². The maximum absolute atomic E-state index is 6.40. The van der Waals surface area contributed by atoms with Gasteiger partial charge in [0.2, 0.25) is 0 Å². The first kappa shape index (κ1) is 12.7. The minimum atomic E-state index is 0.474. The van der Waals surface area contributed by atoms with E-state index in [2.05, 4.69) is 13.8 Å². The molecule has 0 saturated heterocycles. The molecule has 16 heavy (non-hydrogen) atoms. The van der Waals surface area contributed by atoms with Gasteiger partial charge in [0.15, 0.2) is 0 Å². The number of rotatable bonds is 1. The molecule has 0 aromatic heterocycles. The lowest BCUT2D eigenvalue weighted by molar-refractivity contribution is 0.146. The molecule has 0 aromatic rings. The highest BCUT2D eigenvalue weighted by Crippen LogP contribution is 2.42. The van der Waals surface area contributed by atoms with E-state index in [4.69, 9.17) is 11.6 Å². The van der Waals surface area contributed by atoms with Crippen LogP contribution < -0.4 is 0 Å². The van der Waals surface area contributed by atoms with Gasteiger partial charge in [0.05, 0.1) is 0 Å². The SMILES string of the molecule is CC1CCC(C2CCCCC(Cl)C2)CC1C. The number of alkyl halides is 1. The first-order valence-corrected chi connectivity index (χ1v) is 7.74. The first-order chi connectivity index (χ1) is 7.66. The summed E-state index contributed by atoms with van der Waals surface area (Å²) in [7, 11) is 0. The molecule has 0 aliphatic heterocycles. The van der Waals surface area contributed by atoms with Crippen molar-refractivity contribution in [3.05, 3.63) is 0 Å². The predicted octanol–water partition coefficient (Wildman–Crippen LogP) is 5.25. The van der Waals surface area contributed by atoms with Crippen molar-refractivity contribution in [3.63, 3.8) is 0 Å². The number of halogens is 1. The van der Waals surface area contributed by atoms with Crippen LogP contribution in [0.3, 0.4) is 0 Å². The lowest BCUT2D eigenvalue weighted by Crippen LogP contribution is -2.27. The molecule has 2 aliphatic rings. The van der Waals surface area contributed by atoms with E-state index in [9.17, 15) is 0 Å². The fourth-order valence-corrected chi connectivity index (χ4v) is 4.17. The summed E-state index contributed by atoms with van der Waals surface area (Å²) in [5.41, 5.74) is 0. The number of hydrogen-bond acceptors (Lipinski definition) is 0. The van der Waals surface area contributed by atoms with Crippen LogP contribution in [0.4, 0.5) is 0 Å². The Kier molecular flexibility index (Phi) is 4.58. The van der Waals surface area contributed by atoms with E-state index in [1.165, 1.54) is 51.4 Å². The largest absolute Gasteiger partial charge is 0.123 e. The Labute approximate surface area is 106 Å². The molecule has 0 aromatic carbocycles. The summed E-state index contributed by atoms with van der Waals surface area (Å²) >= 11 is 6.40. The Hall–Kier alpha value is 0.290. The molecule has 0 N–H and O–H groups in total. The minimum Gasteiger partial charge on any atom is -0.123 e. The molecule has 2 saturated carbocycles. The molecule has 2 rings (SSSR count). The fraction of sp³-hybridized carbons (Fsp3) is 1.00. The van der Waals surface area contributed by atoms with Gasteiger partial charge < -0.3 is 0 Å². The fourth-order valence-electron chi connectivity index (χ4n) is 3.78. The Bertz CT molecular complexity index is 213. The molecule has 0 spiro atoms. The number of hydrogen-bond donors (Lipinski definition) is 0. The van der Waals surface area contributed by atoms with Crippen LogP contribution in [0, 0.1) is 23.7 Å². The van der Waals surface area contributed by atoms with Gasteiger partial charge in [-0.2, -0.15) is 0 Å². The maximum atomic E-state index is 6.40. The second kappa shape index (κ2) is 5.76. The molecular weight excluding hydrogens is 216 g/mol. The molecule has 0 radical (unpaired) electrons. The summed E-state index contributed by atoms with van der Waals surface area (Å²) in [6, 6.07) is 0. The summed E-state index contributed by atoms with van der Waals surface area (Å²) in [6.07, 6.45) is 11.2. The standard InChI is InChI=1S/C15H27Cl/c1-11-7-8-14(9-12(11)2)13-5-3-4-6-15(16)10-13/h11-15H,3-10H2,1-2H3. The normalized spacial score (nSPS) is 46.3. The third-order valence-electron chi connectivity index (χ3n) is 5.21. The van der Waals surface area contributed by atoms with Gasteiger partial charge in [-0.05, 0) is 49.4 Å². The van der Waals surface area contributed by atoms with E-state index in [0.29, 0.717) is 5.38 Å². The van der Waals surface area contributed by atoms with Crippen molar-refractivity contribution in [3.8, 4) is 0 Å². The van der Waals surface area contributed by atoms with Gasteiger partial charge >= 0.3 is 0 Å². The summed E-state index contributed by atoms with van der Waals surface area (Å²) < 4.78 is 0. The summed E-state index contributed by atoms with van der Waals surface area (Å²) in [5, 5.41) is 0.474. The van der Waals surface area contributed by atoms with E-state index in [1.54, 1.807) is 0 Å². The summed E-state index contributed by atoms with van der Waals surface area (Å²) in [4.78, 5) is 0. The van der Waals surface area contributed by atoms with Gasteiger partial charge in [-0.15, -0.1) is 11.6 Å². The van der Waals surface area contributed by atoms with Crippen molar-refractivity contribution in [2.24, 2.45) is 23.7 Å². The van der Waals surface area contributed by atoms with Gasteiger partial charge in [0, 0.05) is 5.38 Å². The van der Waals surface area contributed by atoms with Gasteiger partial charge in [0.25, 0.3) is 0 Å². The van der Waals surface area contributed by atoms with Gasteiger partial charge in [-0.3, -0.25) is 0 Å². The van der Waals surface area contributed by atoms with Crippen LogP contribution in [0.25, 0.3) is 0 Å². The highest BCUT2D eigenvalue weighted by atomic mass is 35.5. The van der Waals surface area contributed by atoms with Gasteiger partial charge in [-0.1, -0.05) is 39.5 Å². The van der Waals surface area contributed by atoms with Crippen molar-refractivity contribution in [2.45, 2.75) is 70.6 Å². The first-order valence-electron chi connectivity index (χ1n) is 7.31. The minimum absolute atomic E-state index is 0.474. The quantitative estimate of drug-likeness (QED) is 0.435. The highest BCUT2D eigenvalue weighted by molar-refractivity contribution is 6.20. The van der Waals surface area contributed by atoms with Crippen LogP contribution in [0.2, 0.25) is 0 Å². The molecule has 0 bridgehead atoms. The molecule has 5 unspecified atom stereocenters. The van der Waals surface area contributed by atoms with E-state index in [1.807, 2.05) is 0 Å². The lowest BCUT2D eigenvalue weighted by atomic mass is 9.69. The zero-order chi connectivity index (χ0) is 11.5. The Morgan fingerprint density at radius 3 is 2.19 bits per heavy atom. The lowest BCUT2D eigenvalue weighted by Gasteiger charge is -2.37. The van der Waals surface area contributed by atoms with Crippen molar-refractivity contribution in [1.29, 1.82) is 0 Å². The Morgan fingerprint density at radius 2 is 1.44 bits per heavy atom. The van der Waals surface area contributed by atoms with Crippen LogP contribution in [0.1, 0.15) is 65.2 Å². The smallest absolute Gasteiger partial charge is 0.0338 e. The van der Waals surface area contributed by atoms with Crippen molar-refractivity contribution >= 4 is 11.6 Å². The molecule has 0 heterocycles. The average molecular weight is 243 g/mol. The maximum Gasteiger partial charge on any atom is 0.0338 e. The molecule has 1 heteroatoms. The van der Waals surface area contributed by atoms with Crippen LogP contribution in [-0.2, 0) is 0 Å². The van der Waals surface area contributed by atoms with Crippen molar-refractivity contribution < 1.29 is 0 Å². The van der Waals surface area contributed by atoms with Crippen LogP contribution in [0.15, 0.2) is 0 Å². The molecular formula is C15H27Cl. The van der Waals surface area contributed by atoms with Crippen LogP contribution in [0.5, 0.6) is 0 Å². The zero-order valence-corrected chi connectivity index (χ0v) is 11.7. The van der Waals surface area contributed by atoms with Crippen LogP contribution >= 0.6 is 11.6 Å². The van der Waals surface area contributed by atoms with Gasteiger partial charge in [-0.25, -0.2) is 0 Å². The zero-order valence-electron chi connectivity index (χ0n) is 10.9. The highest BCUT2D eigenvalue weighted by Gasteiger charge is 2.31. The van der Waals surface area contributed by atoms with Crippen LogP contribution in [-0.4, -0.2) is 5.38 Å². The Balaban J connectivity index is 1.90. The van der Waals surface area contributed by atoms with E-state index < -0.39 is 0 Å². The summed E-state index contributed by atoms with van der Waals surface area (Å²) in [6.45, 7) is 4.88. The molecule has 2 fully saturated rings. The third-order valence-corrected chi connectivity index (χ3v) is 5.60. The predicted molar refractivity (Wildman–Crippen MR) is 71.9 cm³/mol. The van der Waals surface area contributed by atoms with E-state index in [0.717, 1.165) is 23.7 Å². The molecule has 0 nitrogen and oxygen atoms in total. The monoisotopic (exact) mass is 242 g/mol. The van der Waals surface area contributed by atoms with Crippen molar-refractivity contribution in [2.75, 3.05) is 0 Å². The molecule has 2 aliphatic carbocycles. The Morgan fingerprint density at radius 1 is 0.750 bits per heavy atom. The van der Waals surface area contributed by atoms with E-state index in [-0.39, 0.29) is 0 Å². The molecule has 0 amide bonds. The average Bonchev–Trinajstić information content (AvgIpc) is 2.47. The third kappa shape index (κ3) is 3.15. The molecule has 94 valence electrons.